The molecular weight excluding hydrogens is 456 g/mol. The third kappa shape index (κ3) is 6.17. The minimum Gasteiger partial charge on any atom is -1.00 e. The van der Waals surface area contributed by atoms with Gasteiger partial charge in [0.25, 0.3) is 0 Å². The Morgan fingerprint density at radius 1 is 0.552 bits per heavy atom. The number of unbranched alkanes of at least 4 members (excludes halogenated alkanes) is 2. The van der Waals surface area contributed by atoms with Gasteiger partial charge in [0.05, 0.1) is 6.16 Å². The minimum absolute atomic E-state index is 0. The number of halogens is 4. The summed E-state index contributed by atoms with van der Waals surface area (Å²) in [4.78, 5) is 0. The van der Waals surface area contributed by atoms with E-state index in [1.54, 1.807) is 0 Å². The third-order valence-corrected chi connectivity index (χ3v) is 9.57. The van der Waals surface area contributed by atoms with E-state index < -0.39 is 19.9 Å². The summed E-state index contributed by atoms with van der Waals surface area (Å²) in [6.45, 7) is 0. The van der Waals surface area contributed by atoms with Crippen LogP contribution in [0.25, 0.3) is 0 Å². The van der Waals surface area contributed by atoms with Crippen LogP contribution in [0.5, 0.6) is 0 Å². The lowest BCUT2D eigenvalue weighted by Gasteiger charge is -2.27. The molecule has 0 bridgehead atoms. The third-order valence-electron chi connectivity index (χ3n) is 5.04. The van der Waals surface area contributed by atoms with E-state index in [4.69, 9.17) is 0 Å². The standard InChI is InChI=1S/C24H25F3P.BrH/c25-24(26,27)19-11-4-12-20-28(21-13-5-1-6-14-21,22-15-7-2-8-16-22)23-17-9-3-10-18-23;/h1-3,5-10,13-18H,4,11-12,19-20H2;1H/q+1;/p-1. The fourth-order valence-electron chi connectivity index (χ4n) is 3.73. The molecule has 0 heterocycles. The van der Waals surface area contributed by atoms with Crippen LogP contribution in [-0.2, 0) is 0 Å². The second-order valence-corrected chi connectivity index (χ2v) is 10.6. The summed E-state index contributed by atoms with van der Waals surface area (Å²) in [6, 6.07) is 31.4. The van der Waals surface area contributed by atoms with E-state index in [1.807, 2.05) is 18.2 Å². The largest absolute Gasteiger partial charge is 1.00 e. The lowest BCUT2D eigenvalue weighted by molar-refractivity contribution is -0.135. The molecule has 0 radical (unpaired) electrons. The number of hydrogen-bond acceptors (Lipinski definition) is 0. The molecule has 0 spiro atoms. The van der Waals surface area contributed by atoms with E-state index in [-0.39, 0.29) is 23.4 Å². The highest BCUT2D eigenvalue weighted by Gasteiger charge is 2.44. The Bertz CT molecular complexity index is 740. The molecule has 0 atom stereocenters. The average Bonchev–Trinajstić information content (AvgIpc) is 2.72. The van der Waals surface area contributed by atoms with Crippen molar-refractivity contribution in [3.8, 4) is 0 Å². The first-order valence-electron chi connectivity index (χ1n) is 9.64. The van der Waals surface area contributed by atoms with Crippen molar-refractivity contribution >= 4 is 23.2 Å². The summed E-state index contributed by atoms with van der Waals surface area (Å²) in [5.74, 6) is 0. The normalized spacial score (nSPS) is 11.7. The van der Waals surface area contributed by atoms with E-state index >= 15 is 0 Å². The minimum atomic E-state index is -4.06. The monoisotopic (exact) mass is 480 g/mol. The Hall–Kier alpha value is -1.64. The Morgan fingerprint density at radius 3 is 1.28 bits per heavy atom. The molecule has 0 unspecified atom stereocenters. The molecule has 154 valence electrons. The molecule has 0 saturated carbocycles. The van der Waals surface area contributed by atoms with Gasteiger partial charge in [-0.25, -0.2) is 0 Å². The number of benzene rings is 3. The summed E-state index contributed by atoms with van der Waals surface area (Å²) in [5, 5.41) is 3.84. The quantitative estimate of drug-likeness (QED) is 0.343. The van der Waals surface area contributed by atoms with Crippen LogP contribution in [0.1, 0.15) is 25.7 Å². The zero-order chi connectivity index (χ0) is 19.9. The van der Waals surface area contributed by atoms with E-state index in [1.165, 1.54) is 15.9 Å². The topological polar surface area (TPSA) is 0 Å². The summed E-state index contributed by atoms with van der Waals surface area (Å²) < 4.78 is 37.6. The molecule has 0 aliphatic rings. The molecule has 0 N–H and O–H groups in total. The maximum Gasteiger partial charge on any atom is 0.389 e. The van der Waals surface area contributed by atoms with Crippen molar-refractivity contribution in [3.63, 3.8) is 0 Å². The van der Waals surface area contributed by atoms with Crippen LogP contribution in [-0.4, -0.2) is 12.3 Å². The number of hydrogen-bond donors (Lipinski definition) is 0. The van der Waals surface area contributed by atoms with Gasteiger partial charge in [-0.3, -0.25) is 0 Å². The van der Waals surface area contributed by atoms with E-state index in [9.17, 15) is 13.2 Å². The van der Waals surface area contributed by atoms with Crippen LogP contribution in [0, 0.1) is 0 Å². The first-order chi connectivity index (χ1) is 13.5. The summed E-state index contributed by atoms with van der Waals surface area (Å²) in [7, 11) is -1.92. The van der Waals surface area contributed by atoms with Crippen molar-refractivity contribution in [3.05, 3.63) is 91.0 Å². The van der Waals surface area contributed by atoms with Crippen molar-refractivity contribution in [2.24, 2.45) is 0 Å². The molecule has 0 aliphatic heterocycles. The maximum atomic E-state index is 12.5. The van der Waals surface area contributed by atoms with Gasteiger partial charge in [-0.05, 0) is 55.7 Å². The summed E-state index contributed by atoms with van der Waals surface area (Å²) in [5.41, 5.74) is 0. The second-order valence-electron chi connectivity index (χ2n) is 6.97. The number of rotatable bonds is 8. The van der Waals surface area contributed by atoms with Crippen molar-refractivity contribution in [1.82, 2.24) is 0 Å². The van der Waals surface area contributed by atoms with Gasteiger partial charge in [-0.15, -0.1) is 0 Å². The SMILES string of the molecule is FC(F)(F)CCCCC[P+](c1ccccc1)(c1ccccc1)c1ccccc1.[Br-]. The molecular formula is C24H25BrF3P. The van der Waals surface area contributed by atoms with Gasteiger partial charge < -0.3 is 17.0 Å². The fourth-order valence-corrected chi connectivity index (χ4v) is 8.14. The summed E-state index contributed by atoms with van der Waals surface area (Å²) >= 11 is 0. The molecule has 0 aromatic heterocycles. The molecule has 0 fully saturated rings. The van der Waals surface area contributed by atoms with Crippen molar-refractivity contribution in [2.75, 3.05) is 6.16 Å². The van der Waals surface area contributed by atoms with E-state index in [0.29, 0.717) is 6.42 Å². The second kappa shape index (κ2) is 10.9. The molecule has 3 rings (SSSR count). The lowest BCUT2D eigenvalue weighted by Crippen LogP contribution is -3.00. The molecule has 0 aliphatic carbocycles. The maximum absolute atomic E-state index is 12.5. The predicted octanol–water partition coefficient (Wildman–Crippen LogP) is 3.11. The van der Waals surface area contributed by atoms with Crippen molar-refractivity contribution in [1.29, 1.82) is 0 Å². The smallest absolute Gasteiger partial charge is 0.389 e. The van der Waals surface area contributed by atoms with Crippen LogP contribution in [0.4, 0.5) is 13.2 Å². The zero-order valence-electron chi connectivity index (χ0n) is 16.2. The van der Waals surface area contributed by atoms with Crippen LogP contribution in [0.3, 0.4) is 0 Å². The predicted molar refractivity (Wildman–Crippen MR) is 115 cm³/mol. The Kier molecular flexibility index (Phi) is 8.92. The van der Waals surface area contributed by atoms with Gasteiger partial charge in [0.1, 0.15) is 23.2 Å². The zero-order valence-corrected chi connectivity index (χ0v) is 18.6. The summed E-state index contributed by atoms with van der Waals surface area (Å²) in [6.07, 6.45) is -2.31. The molecule has 5 heteroatoms. The first kappa shape index (κ1) is 23.6. The van der Waals surface area contributed by atoms with E-state index in [2.05, 4.69) is 72.8 Å². The Labute approximate surface area is 182 Å². The van der Waals surface area contributed by atoms with Gasteiger partial charge in [0.15, 0.2) is 0 Å². The molecule has 0 amide bonds. The first-order valence-corrected chi connectivity index (χ1v) is 11.6. The highest BCUT2D eigenvalue weighted by atomic mass is 79.9. The van der Waals surface area contributed by atoms with Gasteiger partial charge >= 0.3 is 6.18 Å². The van der Waals surface area contributed by atoms with Crippen LogP contribution in [0.2, 0.25) is 0 Å². The number of alkyl halides is 3. The molecule has 0 saturated heterocycles. The Morgan fingerprint density at radius 2 is 0.931 bits per heavy atom. The molecule has 3 aromatic carbocycles. The average molecular weight is 481 g/mol. The van der Waals surface area contributed by atoms with Gasteiger partial charge in [-0.1, -0.05) is 54.6 Å². The van der Waals surface area contributed by atoms with Crippen LogP contribution < -0.4 is 32.9 Å². The van der Waals surface area contributed by atoms with Crippen LogP contribution >= 0.6 is 7.26 Å². The van der Waals surface area contributed by atoms with Crippen molar-refractivity contribution in [2.45, 2.75) is 31.9 Å². The molecule has 29 heavy (non-hydrogen) atoms. The van der Waals surface area contributed by atoms with Gasteiger partial charge in [0.2, 0.25) is 0 Å². The van der Waals surface area contributed by atoms with Crippen molar-refractivity contribution < 1.29 is 30.2 Å². The van der Waals surface area contributed by atoms with Gasteiger partial charge in [0, 0.05) is 6.42 Å². The molecule has 3 aromatic rings. The Balaban J connectivity index is 0.00000300. The van der Waals surface area contributed by atoms with Crippen LogP contribution in [0.15, 0.2) is 91.0 Å². The van der Waals surface area contributed by atoms with Gasteiger partial charge in [-0.2, -0.15) is 13.2 Å². The fraction of sp³-hybridized carbons (Fsp3) is 0.250. The highest BCUT2D eigenvalue weighted by molar-refractivity contribution is 7.95. The lowest BCUT2D eigenvalue weighted by atomic mass is 10.2. The highest BCUT2D eigenvalue weighted by Crippen LogP contribution is 2.56. The van der Waals surface area contributed by atoms with E-state index in [0.717, 1.165) is 12.6 Å². The molecule has 0 nitrogen and oxygen atoms in total.